The van der Waals surface area contributed by atoms with Gasteiger partial charge in [0.25, 0.3) is 0 Å². The van der Waals surface area contributed by atoms with Crippen molar-refractivity contribution in [3.05, 3.63) is 84.5 Å². The van der Waals surface area contributed by atoms with Crippen molar-refractivity contribution >= 4 is 18.2 Å². The number of nitrogens with two attached hydrogens (primary N) is 1. The van der Waals surface area contributed by atoms with Crippen molar-refractivity contribution in [2.24, 2.45) is 15.7 Å². The summed E-state index contributed by atoms with van der Waals surface area (Å²) in [5.41, 5.74) is 9.44. The number of rotatable bonds is 7. The molecule has 0 saturated heterocycles. The fraction of sp³-hybridized carbons (Fsp3) is 0.250. The Kier molecular flexibility index (Phi) is 4.73. The van der Waals surface area contributed by atoms with Crippen molar-refractivity contribution in [3.63, 3.8) is 0 Å². The third kappa shape index (κ3) is 3.05. The average Bonchev–Trinajstić information content (AvgIpc) is 3.20. The molecule has 1 fully saturated rings. The van der Waals surface area contributed by atoms with Gasteiger partial charge in [-0.05, 0) is 37.0 Å². The molecule has 2 aliphatic heterocycles. The van der Waals surface area contributed by atoms with Crippen LogP contribution in [0.5, 0.6) is 5.75 Å². The van der Waals surface area contributed by atoms with Gasteiger partial charge in [-0.15, -0.1) is 4.59 Å². The van der Waals surface area contributed by atoms with Crippen LogP contribution in [-0.4, -0.2) is 29.2 Å². The van der Waals surface area contributed by atoms with Gasteiger partial charge < -0.3 is 10.5 Å². The lowest BCUT2D eigenvalue weighted by atomic mass is 9.75. The molecule has 0 spiro atoms. The van der Waals surface area contributed by atoms with Crippen LogP contribution in [0.2, 0.25) is 0 Å². The Labute approximate surface area is 176 Å². The van der Waals surface area contributed by atoms with Gasteiger partial charge in [-0.2, -0.15) is 0 Å². The number of allylic oxidation sites excluding steroid dienone is 1. The van der Waals surface area contributed by atoms with Gasteiger partial charge in [-0.1, -0.05) is 36.4 Å². The van der Waals surface area contributed by atoms with E-state index in [0.29, 0.717) is 17.7 Å². The zero-order valence-corrected chi connectivity index (χ0v) is 16.9. The van der Waals surface area contributed by atoms with Crippen LogP contribution < -0.4 is 15.5 Å². The Bertz CT molecular complexity index is 1030. The third-order valence-electron chi connectivity index (χ3n) is 6.20. The highest BCUT2D eigenvalue weighted by atomic mass is 16.5. The van der Waals surface area contributed by atoms with E-state index in [1.165, 1.54) is 6.42 Å². The monoisotopic (exact) mass is 400 g/mol. The van der Waals surface area contributed by atoms with E-state index >= 15 is 0 Å². The second-order valence-corrected chi connectivity index (χ2v) is 8.00. The SMILES string of the molecule is NCC1(N(c2cccc(OCc3ccccc3)c2)[N+]23C=CN=CC2=CN=C3)CCC1. The first-order valence-corrected chi connectivity index (χ1v) is 10.4. The number of quaternary nitrogens is 1. The minimum absolute atomic E-state index is 0.136. The summed E-state index contributed by atoms with van der Waals surface area (Å²) in [6, 6.07) is 18.5. The second-order valence-electron chi connectivity index (χ2n) is 8.00. The summed E-state index contributed by atoms with van der Waals surface area (Å²) in [6.07, 6.45) is 12.9. The molecule has 2 N–H and O–H groups in total. The fourth-order valence-corrected chi connectivity index (χ4v) is 4.46. The van der Waals surface area contributed by atoms with Crippen molar-refractivity contribution < 1.29 is 9.33 Å². The molecule has 6 heteroatoms. The number of nitrogens with zero attached hydrogens (tertiary/aromatic N) is 4. The predicted octanol–water partition coefficient (Wildman–Crippen LogP) is 4.12. The first-order chi connectivity index (χ1) is 14.8. The maximum atomic E-state index is 6.36. The molecule has 3 aliphatic rings. The van der Waals surface area contributed by atoms with E-state index in [1.807, 2.05) is 55.3 Å². The summed E-state index contributed by atoms with van der Waals surface area (Å²) in [7, 11) is 0. The molecule has 0 aromatic heterocycles. The van der Waals surface area contributed by atoms with Crippen molar-refractivity contribution in [1.29, 1.82) is 0 Å². The molecule has 30 heavy (non-hydrogen) atoms. The number of ether oxygens (including phenoxy) is 1. The number of fused-ring (bicyclic) bond motifs is 1. The summed E-state index contributed by atoms with van der Waals surface area (Å²) in [6.45, 7) is 1.11. The minimum Gasteiger partial charge on any atom is -0.489 e. The van der Waals surface area contributed by atoms with Gasteiger partial charge in [0, 0.05) is 12.6 Å². The summed E-state index contributed by atoms with van der Waals surface area (Å²) in [5, 5.41) is 2.38. The molecule has 2 aromatic carbocycles. The highest BCUT2D eigenvalue weighted by Gasteiger charge is 2.54. The van der Waals surface area contributed by atoms with E-state index in [4.69, 9.17) is 10.5 Å². The number of hydrogen-bond acceptors (Lipinski definition) is 5. The molecule has 1 saturated carbocycles. The van der Waals surface area contributed by atoms with E-state index in [0.717, 1.165) is 35.5 Å². The zero-order valence-electron chi connectivity index (χ0n) is 16.9. The first kappa shape index (κ1) is 18.8. The largest absolute Gasteiger partial charge is 0.489 e. The van der Waals surface area contributed by atoms with Crippen LogP contribution in [0.25, 0.3) is 0 Å². The lowest BCUT2D eigenvalue weighted by Gasteiger charge is -2.54. The lowest BCUT2D eigenvalue weighted by molar-refractivity contribution is -0.750. The first-order valence-electron chi connectivity index (χ1n) is 10.4. The number of aliphatic imine (C=N–C) groups is 2. The molecule has 1 aliphatic carbocycles. The molecule has 2 heterocycles. The molecular formula is C24H26N5O+. The van der Waals surface area contributed by atoms with Gasteiger partial charge in [-0.3, -0.25) is 4.99 Å². The van der Waals surface area contributed by atoms with E-state index in [9.17, 15) is 0 Å². The van der Waals surface area contributed by atoms with Gasteiger partial charge >= 0.3 is 0 Å². The average molecular weight is 401 g/mol. The van der Waals surface area contributed by atoms with Gasteiger partial charge in [0.05, 0.1) is 24.3 Å². The van der Waals surface area contributed by atoms with Crippen LogP contribution in [0, 0.1) is 0 Å². The summed E-state index contributed by atoms with van der Waals surface area (Å²) >= 11 is 0. The van der Waals surface area contributed by atoms with Gasteiger partial charge in [0.15, 0.2) is 6.20 Å². The Morgan fingerprint density at radius 3 is 2.70 bits per heavy atom. The maximum absolute atomic E-state index is 6.36. The Hall–Kier alpha value is -3.22. The molecule has 0 amide bonds. The van der Waals surface area contributed by atoms with Crippen molar-refractivity contribution in [1.82, 2.24) is 0 Å². The molecular weight excluding hydrogens is 374 g/mol. The summed E-state index contributed by atoms with van der Waals surface area (Å²) in [5.74, 6) is 0.836. The van der Waals surface area contributed by atoms with Gasteiger partial charge in [0.2, 0.25) is 12.0 Å². The Morgan fingerprint density at radius 1 is 1.07 bits per heavy atom. The smallest absolute Gasteiger partial charge is 0.225 e. The highest BCUT2D eigenvalue weighted by molar-refractivity contribution is 5.82. The Balaban J connectivity index is 1.51. The van der Waals surface area contributed by atoms with Crippen LogP contribution in [-0.2, 0) is 6.61 Å². The molecule has 0 radical (unpaired) electrons. The van der Waals surface area contributed by atoms with Crippen LogP contribution >= 0.6 is 0 Å². The molecule has 2 aromatic rings. The van der Waals surface area contributed by atoms with E-state index in [-0.39, 0.29) is 5.54 Å². The van der Waals surface area contributed by atoms with E-state index in [1.54, 1.807) is 0 Å². The standard InChI is InChI=1S/C24H26N5O/c25-18-24(10-5-11-24)28(29-13-12-26-15-22(29)16-27-19-29)21-8-4-9-23(14-21)30-17-20-6-2-1-3-7-20/h1-4,6-9,12-16,19H,5,10-11,17-18,25H2/q+1. The van der Waals surface area contributed by atoms with Crippen molar-refractivity contribution in [2.75, 3.05) is 11.6 Å². The van der Waals surface area contributed by atoms with E-state index in [2.05, 4.69) is 45.5 Å². The minimum atomic E-state index is -0.136. The second kappa shape index (κ2) is 7.55. The summed E-state index contributed by atoms with van der Waals surface area (Å²) in [4.78, 5) is 8.80. The van der Waals surface area contributed by atoms with Crippen LogP contribution in [0.4, 0.5) is 5.69 Å². The van der Waals surface area contributed by atoms with Crippen LogP contribution in [0.3, 0.4) is 0 Å². The molecule has 1 atom stereocenters. The molecule has 0 bridgehead atoms. The molecule has 6 nitrogen and oxygen atoms in total. The quantitative estimate of drug-likeness (QED) is 0.711. The van der Waals surface area contributed by atoms with Gasteiger partial charge in [0.1, 0.15) is 17.9 Å². The fourth-order valence-electron chi connectivity index (χ4n) is 4.46. The normalized spacial score (nSPS) is 22.9. The predicted molar refractivity (Wildman–Crippen MR) is 120 cm³/mol. The van der Waals surface area contributed by atoms with Crippen molar-refractivity contribution in [2.45, 2.75) is 31.4 Å². The maximum Gasteiger partial charge on any atom is 0.225 e. The molecule has 1 unspecified atom stereocenters. The topological polar surface area (TPSA) is 63.2 Å². The number of benzene rings is 2. The number of anilines is 1. The summed E-state index contributed by atoms with van der Waals surface area (Å²) < 4.78 is 6.50. The molecule has 5 rings (SSSR count). The van der Waals surface area contributed by atoms with Crippen LogP contribution in [0.15, 0.2) is 88.9 Å². The van der Waals surface area contributed by atoms with Gasteiger partial charge in [-0.25, -0.2) is 10.0 Å². The van der Waals surface area contributed by atoms with E-state index < -0.39 is 0 Å². The van der Waals surface area contributed by atoms with Crippen LogP contribution in [0.1, 0.15) is 24.8 Å². The third-order valence-corrected chi connectivity index (χ3v) is 6.20. The number of hydrogen-bond donors (Lipinski definition) is 1. The van der Waals surface area contributed by atoms with Crippen molar-refractivity contribution in [3.8, 4) is 5.75 Å². The molecule has 152 valence electrons. The zero-order chi connectivity index (χ0) is 20.4. The lowest BCUT2D eigenvalue weighted by Crippen LogP contribution is -2.70. The highest BCUT2D eigenvalue weighted by Crippen LogP contribution is 2.46. The Morgan fingerprint density at radius 2 is 1.93 bits per heavy atom.